The maximum atomic E-state index is 12.5. The second kappa shape index (κ2) is 6.83. The van der Waals surface area contributed by atoms with E-state index in [1.54, 1.807) is 18.2 Å². The molecule has 1 aromatic heterocycles. The molecular formula is C17H21N3O3. The molecule has 6 nitrogen and oxygen atoms in total. The van der Waals surface area contributed by atoms with Crippen molar-refractivity contribution in [1.82, 2.24) is 14.9 Å². The Bertz CT molecular complexity index is 630. The fraction of sp³-hybridized carbons (Fsp3) is 0.412. The van der Waals surface area contributed by atoms with Gasteiger partial charge in [0, 0.05) is 13.7 Å². The van der Waals surface area contributed by atoms with Gasteiger partial charge in [-0.2, -0.15) is 0 Å². The van der Waals surface area contributed by atoms with Crippen molar-refractivity contribution in [3.8, 4) is 5.75 Å². The Hall–Kier alpha value is -2.34. The number of hydrogen-bond acceptors (Lipinski definition) is 4. The number of methoxy groups -OCH3 is 1. The third-order valence-electron chi connectivity index (χ3n) is 4.23. The number of carbonyl (C=O) groups excluding carboxylic acids is 1. The van der Waals surface area contributed by atoms with E-state index in [-0.39, 0.29) is 5.91 Å². The number of nitrogens with one attached hydrogen (secondary N) is 1. The zero-order valence-electron chi connectivity index (χ0n) is 13.2. The van der Waals surface area contributed by atoms with Crippen molar-refractivity contribution in [2.75, 3.05) is 26.8 Å². The number of para-hydroxylation sites is 1. The van der Waals surface area contributed by atoms with Crippen LogP contribution >= 0.6 is 0 Å². The number of piperidine rings is 1. The minimum absolute atomic E-state index is 0.0525. The summed E-state index contributed by atoms with van der Waals surface area (Å²) < 4.78 is 11.6. The van der Waals surface area contributed by atoms with Gasteiger partial charge in [0.05, 0.1) is 19.1 Å². The molecule has 0 saturated carbocycles. The van der Waals surface area contributed by atoms with E-state index >= 15 is 0 Å². The van der Waals surface area contributed by atoms with Gasteiger partial charge in [-0.05, 0) is 25.0 Å². The third-order valence-corrected chi connectivity index (χ3v) is 4.23. The molecule has 1 aliphatic rings. The number of aromatic amines is 1. The molecule has 2 heterocycles. The first-order chi connectivity index (χ1) is 11.2. The number of hydrogen-bond donors (Lipinski definition) is 1. The molecule has 1 N–H and O–H groups in total. The maximum Gasteiger partial charge on any atom is 0.272 e. The minimum atomic E-state index is -0.482. The smallest absolute Gasteiger partial charge is 0.272 e. The molecule has 122 valence electrons. The van der Waals surface area contributed by atoms with Gasteiger partial charge in [0.15, 0.2) is 0 Å². The summed E-state index contributed by atoms with van der Waals surface area (Å²) >= 11 is 0. The summed E-state index contributed by atoms with van der Waals surface area (Å²) in [4.78, 5) is 21.1. The lowest BCUT2D eigenvalue weighted by molar-refractivity contribution is -0.0825. The second-order valence-corrected chi connectivity index (χ2v) is 5.78. The molecule has 1 aliphatic heterocycles. The maximum absolute atomic E-state index is 12.5. The topological polar surface area (TPSA) is 67.5 Å². The van der Waals surface area contributed by atoms with Gasteiger partial charge in [-0.1, -0.05) is 18.2 Å². The van der Waals surface area contributed by atoms with Crippen LogP contribution in [0.2, 0.25) is 0 Å². The van der Waals surface area contributed by atoms with Crippen LogP contribution in [-0.4, -0.2) is 53.2 Å². The summed E-state index contributed by atoms with van der Waals surface area (Å²) in [5.41, 5.74) is 0.0184. The Morgan fingerprint density at radius 1 is 1.39 bits per heavy atom. The molecule has 1 aromatic carbocycles. The molecule has 23 heavy (non-hydrogen) atoms. The Morgan fingerprint density at radius 2 is 2.22 bits per heavy atom. The Kier molecular flexibility index (Phi) is 4.62. The van der Waals surface area contributed by atoms with Crippen molar-refractivity contribution in [2.45, 2.75) is 18.4 Å². The largest absolute Gasteiger partial charge is 0.491 e. The molecule has 0 bridgehead atoms. The van der Waals surface area contributed by atoms with E-state index in [4.69, 9.17) is 9.47 Å². The van der Waals surface area contributed by atoms with E-state index < -0.39 is 5.60 Å². The van der Waals surface area contributed by atoms with Gasteiger partial charge in [-0.15, -0.1) is 0 Å². The number of aromatic nitrogens is 2. The SMILES string of the molecule is COC1(COc2ccccc2)CCCN(C(=O)c2cnc[nH]2)C1. The van der Waals surface area contributed by atoms with Crippen molar-refractivity contribution in [1.29, 1.82) is 0 Å². The number of benzene rings is 1. The summed E-state index contributed by atoms with van der Waals surface area (Å²) in [6, 6.07) is 9.65. The molecule has 0 radical (unpaired) electrons. The van der Waals surface area contributed by atoms with Crippen LogP contribution in [0.4, 0.5) is 0 Å². The van der Waals surface area contributed by atoms with Gasteiger partial charge in [0.2, 0.25) is 0 Å². The zero-order valence-corrected chi connectivity index (χ0v) is 13.2. The number of carbonyl (C=O) groups is 1. The molecule has 1 atom stereocenters. The van der Waals surface area contributed by atoms with E-state index in [0.29, 0.717) is 25.4 Å². The van der Waals surface area contributed by atoms with E-state index in [1.165, 1.54) is 6.33 Å². The van der Waals surface area contributed by atoms with Crippen molar-refractivity contribution >= 4 is 5.91 Å². The van der Waals surface area contributed by atoms with Crippen LogP contribution in [0.3, 0.4) is 0 Å². The van der Waals surface area contributed by atoms with Crippen LogP contribution in [0, 0.1) is 0 Å². The first-order valence-electron chi connectivity index (χ1n) is 7.73. The molecule has 3 rings (SSSR count). The van der Waals surface area contributed by atoms with Crippen LogP contribution in [0.1, 0.15) is 23.3 Å². The van der Waals surface area contributed by atoms with Gasteiger partial charge < -0.3 is 19.4 Å². The van der Waals surface area contributed by atoms with Gasteiger partial charge >= 0.3 is 0 Å². The number of ether oxygens (including phenoxy) is 2. The van der Waals surface area contributed by atoms with Crippen molar-refractivity contribution in [3.05, 3.63) is 48.5 Å². The molecule has 1 fully saturated rings. The molecule has 1 unspecified atom stereocenters. The lowest BCUT2D eigenvalue weighted by atomic mass is 9.93. The van der Waals surface area contributed by atoms with Crippen molar-refractivity contribution < 1.29 is 14.3 Å². The normalized spacial score (nSPS) is 21.2. The summed E-state index contributed by atoms with van der Waals surface area (Å²) in [6.07, 6.45) is 4.81. The summed E-state index contributed by atoms with van der Waals surface area (Å²) in [6.45, 7) is 1.64. The molecule has 1 amide bonds. The Balaban J connectivity index is 1.67. The lowest BCUT2D eigenvalue weighted by Gasteiger charge is -2.41. The fourth-order valence-electron chi connectivity index (χ4n) is 2.89. The molecule has 2 aromatic rings. The Morgan fingerprint density at radius 3 is 2.91 bits per heavy atom. The van der Waals surface area contributed by atoms with Crippen LogP contribution in [-0.2, 0) is 4.74 Å². The highest BCUT2D eigenvalue weighted by Crippen LogP contribution is 2.27. The zero-order chi connectivity index (χ0) is 16.1. The number of nitrogens with zero attached hydrogens (tertiary/aromatic N) is 2. The highest BCUT2D eigenvalue weighted by Gasteiger charge is 2.38. The lowest BCUT2D eigenvalue weighted by Crippen LogP contribution is -2.54. The van der Waals surface area contributed by atoms with Crippen molar-refractivity contribution in [3.63, 3.8) is 0 Å². The van der Waals surface area contributed by atoms with Crippen LogP contribution in [0.5, 0.6) is 5.75 Å². The van der Waals surface area contributed by atoms with Crippen LogP contribution < -0.4 is 4.74 Å². The van der Waals surface area contributed by atoms with Crippen LogP contribution in [0.15, 0.2) is 42.9 Å². The number of amides is 1. The van der Waals surface area contributed by atoms with Gasteiger partial charge in [-0.25, -0.2) is 4.98 Å². The quantitative estimate of drug-likeness (QED) is 0.917. The van der Waals surface area contributed by atoms with Crippen molar-refractivity contribution in [2.24, 2.45) is 0 Å². The predicted octanol–water partition coefficient (Wildman–Crippen LogP) is 2.11. The first-order valence-corrected chi connectivity index (χ1v) is 7.73. The third kappa shape index (κ3) is 3.53. The average molecular weight is 315 g/mol. The average Bonchev–Trinajstić information content (AvgIpc) is 3.15. The van der Waals surface area contributed by atoms with E-state index in [0.717, 1.165) is 18.6 Å². The molecule has 1 saturated heterocycles. The van der Waals surface area contributed by atoms with Gasteiger partial charge in [0.1, 0.15) is 23.7 Å². The molecule has 0 spiro atoms. The number of H-pyrrole nitrogens is 1. The standard InChI is InChI=1S/C17H21N3O3/c1-22-17(12-23-14-6-3-2-4-7-14)8-5-9-20(11-17)16(21)15-10-18-13-19-15/h2-4,6-7,10,13H,5,8-9,11-12H2,1H3,(H,18,19). The summed E-state index contributed by atoms with van der Waals surface area (Å²) in [5.74, 6) is 0.754. The van der Waals surface area contributed by atoms with Crippen LogP contribution in [0.25, 0.3) is 0 Å². The fourth-order valence-corrected chi connectivity index (χ4v) is 2.89. The number of imidazole rings is 1. The van der Waals surface area contributed by atoms with E-state index in [9.17, 15) is 4.79 Å². The minimum Gasteiger partial charge on any atom is -0.491 e. The highest BCUT2D eigenvalue weighted by molar-refractivity contribution is 5.92. The van der Waals surface area contributed by atoms with E-state index in [1.807, 2.05) is 30.3 Å². The molecule has 0 aliphatic carbocycles. The predicted molar refractivity (Wildman–Crippen MR) is 85.4 cm³/mol. The van der Waals surface area contributed by atoms with Gasteiger partial charge in [0.25, 0.3) is 5.91 Å². The summed E-state index contributed by atoms with van der Waals surface area (Å²) in [5, 5.41) is 0. The highest BCUT2D eigenvalue weighted by atomic mass is 16.5. The van der Waals surface area contributed by atoms with E-state index in [2.05, 4.69) is 9.97 Å². The summed E-state index contributed by atoms with van der Waals surface area (Å²) in [7, 11) is 1.68. The monoisotopic (exact) mass is 315 g/mol. The Labute approximate surface area is 135 Å². The molecular weight excluding hydrogens is 294 g/mol. The molecule has 6 heteroatoms. The van der Waals surface area contributed by atoms with Gasteiger partial charge in [-0.3, -0.25) is 4.79 Å². The first kappa shape index (κ1) is 15.6. The second-order valence-electron chi connectivity index (χ2n) is 5.78. The number of rotatable bonds is 5. The number of likely N-dealkylation sites (tertiary alicyclic amines) is 1.